The molecular formula is C23H23Cl2NO. The molecule has 0 unspecified atom stereocenters. The first-order valence-electron chi connectivity index (χ1n) is 9.04. The first-order chi connectivity index (χ1) is 13.0. The lowest BCUT2D eigenvalue weighted by Crippen LogP contribution is -2.04. The number of rotatable bonds is 7. The number of halogens is 2. The summed E-state index contributed by atoms with van der Waals surface area (Å²) in [5.41, 5.74) is 5.61. The van der Waals surface area contributed by atoms with Gasteiger partial charge in [0, 0.05) is 22.8 Å². The van der Waals surface area contributed by atoms with E-state index in [2.05, 4.69) is 67.7 Å². The molecule has 0 aliphatic rings. The lowest BCUT2D eigenvalue weighted by molar-refractivity contribution is 0.303. The lowest BCUT2D eigenvalue weighted by atomic mass is 10.1. The van der Waals surface area contributed by atoms with E-state index in [4.69, 9.17) is 27.9 Å². The summed E-state index contributed by atoms with van der Waals surface area (Å²) < 4.78 is 6.04. The number of nitrogens with one attached hydrogen (secondary N) is 1. The van der Waals surface area contributed by atoms with Crippen LogP contribution in [0.25, 0.3) is 0 Å². The van der Waals surface area contributed by atoms with Crippen molar-refractivity contribution in [2.45, 2.75) is 33.4 Å². The molecule has 27 heavy (non-hydrogen) atoms. The van der Waals surface area contributed by atoms with Gasteiger partial charge in [0.05, 0.1) is 5.02 Å². The quantitative estimate of drug-likeness (QED) is 0.459. The van der Waals surface area contributed by atoms with Crippen LogP contribution in [0.5, 0.6) is 5.75 Å². The van der Waals surface area contributed by atoms with E-state index in [0.29, 0.717) is 28.9 Å². The minimum absolute atomic E-state index is 0.458. The van der Waals surface area contributed by atoms with Crippen LogP contribution in [0.4, 0.5) is 5.69 Å². The van der Waals surface area contributed by atoms with Gasteiger partial charge in [-0.15, -0.1) is 0 Å². The Bertz CT molecular complexity index is 890. The normalized spacial score (nSPS) is 10.7. The summed E-state index contributed by atoms with van der Waals surface area (Å²) >= 11 is 12.6. The number of benzene rings is 3. The zero-order valence-electron chi connectivity index (χ0n) is 15.6. The maximum Gasteiger partial charge on any atom is 0.143 e. The van der Waals surface area contributed by atoms with Gasteiger partial charge < -0.3 is 10.1 Å². The molecule has 3 aromatic rings. The molecule has 0 fully saturated rings. The molecule has 0 aliphatic heterocycles. The van der Waals surface area contributed by atoms with Gasteiger partial charge in [-0.2, -0.15) is 0 Å². The maximum atomic E-state index is 6.41. The van der Waals surface area contributed by atoms with Gasteiger partial charge in [-0.1, -0.05) is 72.1 Å². The Morgan fingerprint density at radius 3 is 2.22 bits per heavy atom. The van der Waals surface area contributed by atoms with Gasteiger partial charge in [-0.3, -0.25) is 0 Å². The molecule has 2 nitrogen and oxygen atoms in total. The predicted octanol–water partition coefficient (Wildman–Crippen LogP) is 7.06. The minimum atomic E-state index is 0.458. The number of aryl methyl sites for hydroxylation is 2. The molecule has 3 aromatic carbocycles. The molecule has 0 amide bonds. The smallest absolute Gasteiger partial charge is 0.143 e. The zero-order valence-corrected chi connectivity index (χ0v) is 17.1. The molecule has 1 N–H and O–H groups in total. The van der Waals surface area contributed by atoms with Crippen LogP contribution in [0.1, 0.15) is 29.2 Å². The Labute approximate surface area is 171 Å². The van der Waals surface area contributed by atoms with Gasteiger partial charge in [0.1, 0.15) is 12.4 Å². The highest BCUT2D eigenvalue weighted by atomic mass is 35.5. The molecule has 140 valence electrons. The SMILES string of the molecule is CCc1ccc(NCc2cc(Cl)cc(Cl)c2OCc2ccc(C)cc2)cc1. The van der Waals surface area contributed by atoms with Crippen LogP contribution in [-0.2, 0) is 19.6 Å². The summed E-state index contributed by atoms with van der Waals surface area (Å²) in [4.78, 5) is 0. The van der Waals surface area contributed by atoms with Crippen molar-refractivity contribution >= 4 is 28.9 Å². The molecule has 0 atom stereocenters. The highest BCUT2D eigenvalue weighted by Crippen LogP contribution is 2.33. The summed E-state index contributed by atoms with van der Waals surface area (Å²) in [6.07, 6.45) is 1.03. The summed E-state index contributed by atoms with van der Waals surface area (Å²) in [6, 6.07) is 20.3. The van der Waals surface area contributed by atoms with Crippen molar-refractivity contribution < 1.29 is 4.74 Å². The van der Waals surface area contributed by atoms with Crippen molar-refractivity contribution in [3.05, 3.63) is 93.0 Å². The summed E-state index contributed by atoms with van der Waals surface area (Å²) in [5.74, 6) is 0.666. The van der Waals surface area contributed by atoms with Gasteiger partial charge in [0.2, 0.25) is 0 Å². The number of hydrogen-bond acceptors (Lipinski definition) is 2. The van der Waals surface area contributed by atoms with Crippen molar-refractivity contribution in [2.24, 2.45) is 0 Å². The van der Waals surface area contributed by atoms with Crippen LogP contribution in [-0.4, -0.2) is 0 Å². The zero-order chi connectivity index (χ0) is 19.2. The van der Waals surface area contributed by atoms with Crippen molar-refractivity contribution in [3.8, 4) is 5.75 Å². The second-order valence-electron chi connectivity index (χ2n) is 6.55. The van der Waals surface area contributed by atoms with E-state index >= 15 is 0 Å². The molecule has 0 spiro atoms. The number of ether oxygens (including phenoxy) is 1. The van der Waals surface area contributed by atoms with Crippen LogP contribution >= 0.6 is 23.2 Å². The van der Waals surface area contributed by atoms with Gasteiger partial charge in [-0.05, 0) is 48.7 Å². The first-order valence-corrected chi connectivity index (χ1v) is 9.80. The number of hydrogen-bond donors (Lipinski definition) is 1. The third kappa shape index (κ3) is 5.41. The van der Waals surface area contributed by atoms with Crippen LogP contribution in [0.15, 0.2) is 60.7 Å². The third-order valence-electron chi connectivity index (χ3n) is 4.43. The summed E-state index contributed by atoms with van der Waals surface area (Å²) in [6.45, 7) is 5.25. The molecule has 4 heteroatoms. The van der Waals surface area contributed by atoms with Gasteiger partial charge in [0.15, 0.2) is 0 Å². The van der Waals surface area contributed by atoms with Gasteiger partial charge in [-0.25, -0.2) is 0 Å². The van der Waals surface area contributed by atoms with E-state index in [9.17, 15) is 0 Å². The summed E-state index contributed by atoms with van der Waals surface area (Å²) in [5, 5.41) is 4.53. The van der Waals surface area contributed by atoms with E-state index in [1.54, 1.807) is 6.07 Å². The van der Waals surface area contributed by atoms with Gasteiger partial charge in [0.25, 0.3) is 0 Å². The topological polar surface area (TPSA) is 21.3 Å². The highest BCUT2D eigenvalue weighted by molar-refractivity contribution is 6.35. The predicted molar refractivity (Wildman–Crippen MR) is 115 cm³/mol. The fraction of sp³-hybridized carbons (Fsp3) is 0.217. The Morgan fingerprint density at radius 1 is 0.889 bits per heavy atom. The fourth-order valence-corrected chi connectivity index (χ4v) is 3.39. The molecule has 0 aromatic heterocycles. The highest BCUT2D eigenvalue weighted by Gasteiger charge is 2.11. The Balaban J connectivity index is 1.73. The van der Waals surface area contributed by atoms with Crippen molar-refractivity contribution in [3.63, 3.8) is 0 Å². The first kappa shape index (κ1) is 19.6. The number of anilines is 1. The molecule has 3 rings (SSSR count). The average molecular weight is 400 g/mol. The third-order valence-corrected chi connectivity index (χ3v) is 4.93. The van der Waals surface area contributed by atoms with E-state index < -0.39 is 0 Å². The van der Waals surface area contributed by atoms with E-state index in [1.165, 1.54) is 11.1 Å². The molecule has 0 radical (unpaired) electrons. The van der Waals surface area contributed by atoms with Crippen molar-refractivity contribution in [1.82, 2.24) is 0 Å². The Kier molecular flexibility index (Phi) is 6.65. The second kappa shape index (κ2) is 9.16. The average Bonchev–Trinajstić information content (AvgIpc) is 2.67. The summed E-state index contributed by atoms with van der Waals surface area (Å²) in [7, 11) is 0. The van der Waals surface area contributed by atoms with Crippen LogP contribution in [0, 0.1) is 6.92 Å². The minimum Gasteiger partial charge on any atom is -0.487 e. The van der Waals surface area contributed by atoms with E-state index in [-0.39, 0.29) is 0 Å². The monoisotopic (exact) mass is 399 g/mol. The van der Waals surface area contributed by atoms with Crippen molar-refractivity contribution in [2.75, 3.05) is 5.32 Å². The molecule has 0 saturated carbocycles. The van der Waals surface area contributed by atoms with Crippen LogP contribution in [0.2, 0.25) is 10.0 Å². The second-order valence-corrected chi connectivity index (χ2v) is 7.40. The lowest BCUT2D eigenvalue weighted by Gasteiger charge is -2.15. The fourth-order valence-electron chi connectivity index (χ4n) is 2.80. The van der Waals surface area contributed by atoms with E-state index in [0.717, 1.165) is 23.2 Å². The van der Waals surface area contributed by atoms with Crippen LogP contribution in [0.3, 0.4) is 0 Å². The van der Waals surface area contributed by atoms with Crippen LogP contribution < -0.4 is 10.1 Å². The standard InChI is InChI=1S/C23H23Cl2NO/c1-3-17-8-10-21(11-9-17)26-14-19-12-20(24)13-22(25)23(19)27-15-18-6-4-16(2)5-7-18/h4-13,26H,3,14-15H2,1-2H3. The molecule has 0 bridgehead atoms. The molecule has 0 heterocycles. The van der Waals surface area contributed by atoms with Crippen molar-refractivity contribution in [1.29, 1.82) is 0 Å². The largest absolute Gasteiger partial charge is 0.487 e. The molecule has 0 saturated heterocycles. The maximum absolute atomic E-state index is 6.41. The Hall–Kier alpha value is -2.16. The molecular weight excluding hydrogens is 377 g/mol. The Morgan fingerprint density at radius 2 is 1.56 bits per heavy atom. The van der Waals surface area contributed by atoms with E-state index in [1.807, 2.05) is 6.07 Å². The van der Waals surface area contributed by atoms with Gasteiger partial charge >= 0.3 is 0 Å². The molecule has 0 aliphatic carbocycles.